The zero-order chi connectivity index (χ0) is 39.3. The highest BCUT2D eigenvalue weighted by molar-refractivity contribution is 5.72. The van der Waals surface area contributed by atoms with E-state index in [9.17, 15) is 19.5 Å². The van der Waals surface area contributed by atoms with Crippen LogP contribution in [0, 0.1) is 0 Å². The van der Waals surface area contributed by atoms with Crippen LogP contribution in [0.4, 0.5) is 0 Å². The zero-order valence-corrected chi connectivity index (χ0v) is 34.4. The maximum Gasteiger partial charge on any atom is 0.362 e. The molecule has 0 aromatic rings. The Bertz CT molecular complexity index is 1050. The minimum Gasteiger partial charge on any atom is -0.477 e. The van der Waals surface area contributed by atoms with Gasteiger partial charge in [-0.3, -0.25) is 9.59 Å². The lowest BCUT2D eigenvalue weighted by Crippen LogP contribution is -2.50. The number of aliphatic carboxylic acids is 1. The van der Waals surface area contributed by atoms with Gasteiger partial charge in [0, 0.05) is 19.3 Å². The third kappa shape index (κ3) is 34.5. The molecule has 0 fully saturated rings. The summed E-state index contributed by atoms with van der Waals surface area (Å²) in [4.78, 5) is 36.8. The van der Waals surface area contributed by atoms with Crippen molar-refractivity contribution in [3.63, 3.8) is 0 Å². The first-order valence-electron chi connectivity index (χ1n) is 20.8. The number of unbranched alkanes of at least 4 members (excludes halogenated alkanes) is 12. The van der Waals surface area contributed by atoms with E-state index in [0.29, 0.717) is 19.3 Å². The first-order chi connectivity index (χ1) is 25.6. The van der Waals surface area contributed by atoms with E-state index >= 15 is 0 Å². The van der Waals surface area contributed by atoms with Crippen LogP contribution in [0.2, 0.25) is 0 Å². The number of hydrogen-bond donors (Lipinski definition) is 1. The van der Waals surface area contributed by atoms with Crippen LogP contribution in [0.5, 0.6) is 0 Å². The minimum atomic E-state index is -0.887. The van der Waals surface area contributed by atoms with Crippen molar-refractivity contribution in [2.75, 3.05) is 41.0 Å². The van der Waals surface area contributed by atoms with E-state index in [1.807, 2.05) is 21.1 Å². The quantitative estimate of drug-likeness (QED) is 0.0295. The molecule has 0 bridgehead atoms. The van der Waals surface area contributed by atoms with Crippen molar-refractivity contribution in [2.24, 2.45) is 0 Å². The van der Waals surface area contributed by atoms with E-state index in [4.69, 9.17) is 14.2 Å². The Morgan fingerprint density at radius 2 is 1.02 bits per heavy atom. The van der Waals surface area contributed by atoms with Crippen LogP contribution in [0.15, 0.2) is 60.8 Å². The number of carbonyl (C=O) groups is 3. The molecule has 0 radical (unpaired) electrons. The van der Waals surface area contributed by atoms with Gasteiger partial charge < -0.3 is 23.8 Å². The number of allylic oxidation sites excluding steroid dienone is 10. The molecule has 0 saturated carbocycles. The zero-order valence-electron chi connectivity index (χ0n) is 34.4. The lowest BCUT2D eigenvalue weighted by Gasteiger charge is -2.31. The van der Waals surface area contributed by atoms with Crippen molar-refractivity contribution in [2.45, 2.75) is 167 Å². The summed E-state index contributed by atoms with van der Waals surface area (Å²) in [7, 11) is 5.49. The minimum absolute atomic E-state index is 0.0345. The Kier molecular flexibility index (Phi) is 34.0. The topological polar surface area (TPSA) is 99.1 Å². The Hall–Kier alpha value is -2.97. The summed E-state index contributed by atoms with van der Waals surface area (Å²) < 4.78 is 17.2. The average Bonchev–Trinajstić information content (AvgIpc) is 3.11. The van der Waals surface area contributed by atoms with E-state index in [2.05, 4.69) is 74.6 Å². The van der Waals surface area contributed by atoms with Crippen molar-refractivity contribution < 1.29 is 38.2 Å². The highest BCUT2D eigenvalue weighted by Crippen LogP contribution is 2.12. The summed E-state index contributed by atoms with van der Waals surface area (Å²) in [5.41, 5.74) is 0. The molecule has 0 rings (SSSR count). The molecule has 0 aromatic heterocycles. The first-order valence-corrected chi connectivity index (χ1v) is 20.8. The number of carboxylic acids is 1. The summed E-state index contributed by atoms with van der Waals surface area (Å²) in [5, 5.41) is 9.60. The predicted octanol–water partition coefficient (Wildman–Crippen LogP) is 11.0. The molecule has 0 aliphatic rings. The second-order valence-corrected chi connectivity index (χ2v) is 14.9. The van der Waals surface area contributed by atoms with Crippen molar-refractivity contribution in [1.29, 1.82) is 0 Å². The van der Waals surface area contributed by atoms with Crippen molar-refractivity contribution in [3.05, 3.63) is 60.8 Å². The lowest BCUT2D eigenvalue weighted by molar-refractivity contribution is -0.887. The van der Waals surface area contributed by atoms with Crippen molar-refractivity contribution in [3.8, 4) is 0 Å². The molecule has 53 heavy (non-hydrogen) atoms. The number of nitrogens with zero attached hydrogens (tertiary/aromatic N) is 1. The molecule has 0 amide bonds. The Morgan fingerprint density at radius 1 is 0.566 bits per heavy atom. The smallest absolute Gasteiger partial charge is 0.362 e. The molecule has 0 aliphatic heterocycles. The van der Waals surface area contributed by atoms with E-state index in [0.717, 1.165) is 57.8 Å². The fourth-order valence-electron chi connectivity index (χ4n) is 5.61. The van der Waals surface area contributed by atoms with Crippen LogP contribution in [-0.4, -0.2) is 80.6 Å². The number of ether oxygens (including phenoxy) is 3. The molecule has 1 N–H and O–H groups in total. The SMILES string of the molecule is CCCCC/C=C/C/C=C/C/C=C/C/C=C/CCCC(=O)OC(COCCC(C(=O)O)[N+](C)(C)C)COC(=O)CCCCCCC/C=C/CCCCC. The summed E-state index contributed by atoms with van der Waals surface area (Å²) >= 11 is 0. The van der Waals surface area contributed by atoms with Crippen LogP contribution in [-0.2, 0) is 28.6 Å². The second kappa shape index (κ2) is 36.0. The second-order valence-electron chi connectivity index (χ2n) is 14.9. The Labute approximate surface area is 324 Å². The molecule has 2 unspecified atom stereocenters. The van der Waals surface area contributed by atoms with Crippen LogP contribution in [0.3, 0.4) is 0 Å². The summed E-state index contributed by atoms with van der Waals surface area (Å²) in [6.07, 6.45) is 42.7. The molecule has 304 valence electrons. The summed E-state index contributed by atoms with van der Waals surface area (Å²) in [5.74, 6) is -1.56. The Balaban J connectivity index is 4.51. The predicted molar refractivity (Wildman–Crippen MR) is 220 cm³/mol. The van der Waals surface area contributed by atoms with Gasteiger partial charge in [-0.25, -0.2) is 4.79 Å². The molecule has 0 aliphatic carbocycles. The number of carbonyl (C=O) groups excluding carboxylic acids is 2. The van der Waals surface area contributed by atoms with E-state index in [1.54, 1.807) is 0 Å². The molecule has 2 atom stereocenters. The molecular weight excluding hydrogens is 666 g/mol. The Morgan fingerprint density at radius 3 is 1.55 bits per heavy atom. The van der Waals surface area contributed by atoms with Crippen LogP contribution < -0.4 is 0 Å². The first kappa shape index (κ1) is 50.0. The lowest BCUT2D eigenvalue weighted by atomic mass is 10.1. The van der Waals surface area contributed by atoms with Gasteiger partial charge in [-0.15, -0.1) is 0 Å². The molecule has 0 heterocycles. The van der Waals surface area contributed by atoms with Gasteiger partial charge in [0.2, 0.25) is 0 Å². The number of quaternary nitrogens is 1. The summed E-state index contributed by atoms with van der Waals surface area (Å²) in [6, 6.07) is -0.626. The number of esters is 2. The van der Waals surface area contributed by atoms with Gasteiger partial charge in [-0.05, 0) is 77.0 Å². The van der Waals surface area contributed by atoms with E-state index in [-0.39, 0.29) is 42.7 Å². The molecule has 0 spiro atoms. The van der Waals surface area contributed by atoms with Crippen LogP contribution in [0.25, 0.3) is 0 Å². The van der Waals surface area contributed by atoms with Crippen LogP contribution in [0.1, 0.15) is 155 Å². The molecule has 8 heteroatoms. The normalized spacial score (nSPS) is 13.6. The largest absolute Gasteiger partial charge is 0.477 e. The number of rotatable bonds is 36. The highest BCUT2D eigenvalue weighted by atomic mass is 16.6. The van der Waals surface area contributed by atoms with Gasteiger partial charge in [0.15, 0.2) is 12.1 Å². The van der Waals surface area contributed by atoms with Gasteiger partial charge in [0.25, 0.3) is 0 Å². The number of hydrogen-bond acceptors (Lipinski definition) is 6. The van der Waals surface area contributed by atoms with Crippen molar-refractivity contribution in [1.82, 2.24) is 0 Å². The maximum absolute atomic E-state index is 12.7. The van der Waals surface area contributed by atoms with Gasteiger partial charge in [0.1, 0.15) is 6.61 Å². The molecule has 8 nitrogen and oxygen atoms in total. The fraction of sp³-hybridized carbons (Fsp3) is 0.711. The molecular formula is C45H78NO7+. The third-order valence-corrected chi connectivity index (χ3v) is 8.89. The fourth-order valence-corrected chi connectivity index (χ4v) is 5.61. The highest BCUT2D eigenvalue weighted by Gasteiger charge is 2.31. The molecule has 0 aromatic carbocycles. The number of likely N-dealkylation sites (N-methyl/N-ethyl adjacent to an activating group) is 1. The van der Waals surface area contributed by atoms with E-state index in [1.165, 1.54) is 57.8 Å². The van der Waals surface area contributed by atoms with Crippen LogP contribution >= 0.6 is 0 Å². The monoisotopic (exact) mass is 745 g/mol. The third-order valence-electron chi connectivity index (χ3n) is 8.89. The van der Waals surface area contributed by atoms with Gasteiger partial charge in [-0.2, -0.15) is 0 Å². The summed E-state index contributed by atoms with van der Waals surface area (Å²) in [6.45, 7) is 4.60. The van der Waals surface area contributed by atoms with Crippen molar-refractivity contribution >= 4 is 17.9 Å². The standard InChI is InChI=1S/C45H77NO7/c1-6-8-10-12-14-16-18-20-21-22-23-24-26-28-30-32-34-36-44(48)53-41(39-51-38-37-42(45(49)50)46(3,4)5)40-52-43(47)35-33-31-29-27-25-19-17-15-13-11-9-7-2/h14-17,20-21,23-24,28,30,41-42H,6-13,18-19,22,25-27,29,31-40H2,1-5H3/p+1/b16-14+,17-15+,21-20+,24-23+,30-28+. The number of carboxylic acid groups (broad SMARTS) is 1. The average molecular weight is 745 g/mol. The maximum atomic E-state index is 12.7. The van der Waals surface area contributed by atoms with E-state index < -0.39 is 18.1 Å². The van der Waals surface area contributed by atoms with Gasteiger partial charge in [0.05, 0.1) is 34.4 Å². The molecule has 0 saturated heterocycles. The van der Waals surface area contributed by atoms with Gasteiger partial charge in [-0.1, -0.05) is 120 Å². The van der Waals surface area contributed by atoms with Gasteiger partial charge >= 0.3 is 17.9 Å².